The Morgan fingerprint density at radius 3 is 1.89 bits per heavy atom. The predicted molar refractivity (Wildman–Crippen MR) is 80.1 cm³/mol. The summed E-state index contributed by atoms with van der Waals surface area (Å²) in [6, 6.07) is 15.2. The first-order valence-corrected chi connectivity index (χ1v) is 6.06. The van der Waals surface area contributed by atoms with E-state index in [1.54, 1.807) is 7.11 Å². The summed E-state index contributed by atoms with van der Waals surface area (Å²) in [5, 5.41) is 2.33. The van der Waals surface area contributed by atoms with Gasteiger partial charge in [-0.2, -0.15) is 4.99 Å². The smallest absolute Gasteiger partial charge is 0.118 e. The maximum absolute atomic E-state index is 5.10. The molecular weight excluding hydrogens is 254 g/mol. The van der Waals surface area contributed by atoms with Crippen molar-refractivity contribution in [3.05, 3.63) is 59.7 Å². The zero-order chi connectivity index (χ0) is 13.5. The van der Waals surface area contributed by atoms with E-state index in [0.717, 1.165) is 22.6 Å². The Balaban J connectivity index is 2.16. The molecule has 2 aromatic carbocycles. The third-order valence-electron chi connectivity index (χ3n) is 2.48. The minimum absolute atomic E-state index is 0.782. The number of rotatable bonds is 2. The molecule has 2 aromatic rings. The van der Waals surface area contributed by atoms with Gasteiger partial charge in [0.25, 0.3) is 0 Å². The number of hydrogen-bond donors (Lipinski definition) is 0. The van der Waals surface area contributed by atoms with Crippen LogP contribution in [0.3, 0.4) is 0 Å². The molecule has 0 aromatic heterocycles. The van der Waals surface area contributed by atoms with Gasteiger partial charge in [0.05, 0.1) is 18.0 Å². The monoisotopic (exact) mass is 265 g/mol. The number of aliphatic imine (C=N–C) groups is 1. The molecule has 0 spiro atoms. The van der Waals surface area contributed by atoms with Crippen molar-refractivity contribution in [2.75, 3.05) is 7.11 Å². The zero-order valence-electron chi connectivity index (χ0n) is 10.4. The lowest BCUT2D eigenvalue weighted by molar-refractivity contribution is 0.415. The molecule has 0 unspecified atom stereocenters. The normalized spacial score (nSPS) is 8.89. The van der Waals surface area contributed by atoms with E-state index in [2.05, 4.69) is 34.2 Å². The lowest BCUT2D eigenvalue weighted by Gasteiger charge is -1.97. The molecule has 19 heavy (non-hydrogen) atoms. The van der Waals surface area contributed by atoms with Crippen molar-refractivity contribution in [3.8, 4) is 17.6 Å². The Morgan fingerprint density at radius 1 is 0.895 bits per heavy atom. The fourth-order valence-electron chi connectivity index (χ4n) is 1.49. The fraction of sp³-hybridized carbons (Fsp3) is 0.0625. The van der Waals surface area contributed by atoms with Crippen LogP contribution in [-0.2, 0) is 0 Å². The van der Waals surface area contributed by atoms with Crippen molar-refractivity contribution in [1.82, 2.24) is 0 Å². The number of nitrogens with zero attached hydrogens (tertiary/aromatic N) is 1. The first-order valence-electron chi connectivity index (χ1n) is 5.66. The van der Waals surface area contributed by atoms with Crippen LogP contribution in [0.2, 0.25) is 0 Å². The summed E-state index contributed by atoms with van der Waals surface area (Å²) in [6.45, 7) is 0. The Hall–Kier alpha value is -2.40. The molecule has 0 bridgehead atoms. The van der Waals surface area contributed by atoms with Gasteiger partial charge in [-0.05, 0) is 60.7 Å². The van der Waals surface area contributed by atoms with Crippen molar-refractivity contribution in [2.45, 2.75) is 0 Å². The van der Waals surface area contributed by atoms with Crippen LogP contribution < -0.4 is 4.74 Å². The summed E-state index contributed by atoms with van der Waals surface area (Å²) in [5.74, 6) is 7.01. The van der Waals surface area contributed by atoms with E-state index in [0.29, 0.717) is 0 Å². The topological polar surface area (TPSA) is 21.6 Å². The number of hydrogen-bond acceptors (Lipinski definition) is 3. The van der Waals surface area contributed by atoms with E-state index in [4.69, 9.17) is 4.74 Å². The van der Waals surface area contributed by atoms with Gasteiger partial charge in [0, 0.05) is 11.1 Å². The minimum atomic E-state index is 0.782. The molecule has 2 rings (SSSR count). The Labute approximate surface area is 117 Å². The van der Waals surface area contributed by atoms with Gasteiger partial charge in [-0.3, -0.25) is 0 Å². The summed E-state index contributed by atoms with van der Waals surface area (Å²) in [5.41, 5.74) is 2.66. The van der Waals surface area contributed by atoms with Gasteiger partial charge in [0.2, 0.25) is 0 Å². The molecule has 0 heterocycles. The molecule has 0 radical (unpaired) electrons. The molecule has 0 aliphatic heterocycles. The van der Waals surface area contributed by atoms with Crippen LogP contribution in [0.5, 0.6) is 5.75 Å². The van der Waals surface area contributed by atoms with Gasteiger partial charge in [-0.25, -0.2) is 0 Å². The molecule has 0 fully saturated rings. The van der Waals surface area contributed by atoms with Gasteiger partial charge in [0.1, 0.15) is 5.75 Å². The van der Waals surface area contributed by atoms with Gasteiger partial charge in [-0.15, -0.1) is 0 Å². The van der Waals surface area contributed by atoms with Crippen LogP contribution in [0.1, 0.15) is 11.1 Å². The molecule has 92 valence electrons. The minimum Gasteiger partial charge on any atom is -0.497 e. The SMILES string of the molecule is COc1ccc(C#Cc2ccc(N=C=S)cc2)cc1. The Morgan fingerprint density at radius 2 is 1.42 bits per heavy atom. The van der Waals surface area contributed by atoms with Crippen LogP contribution in [0.4, 0.5) is 5.69 Å². The zero-order valence-corrected chi connectivity index (χ0v) is 11.2. The number of methoxy groups -OCH3 is 1. The summed E-state index contributed by atoms with van der Waals surface area (Å²) in [6.07, 6.45) is 0. The first kappa shape index (κ1) is 13.0. The molecule has 0 amide bonds. The van der Waals surface area contributed by atoms with E-state index in [1.165, 1.54) is 0 Å². The van der Waals surface area contributed by atoms with Crippen LogP contribution in [0, 0.1) is 11.8 Å². The molecular formula is C16H11NOS. The second kappa shape index (κ2) is 6.51. The third-order valence-corrected chi connectivity index (χ3v) is 2.57. The van der Waals surface area contributed by atoms with Crippen molar-refractivity contribution in [2.24, 2.45) is 4.99 Å². The van der Waals surface area contributed by atoms with E-state index in [-0.39, 0.29) is 0 Å². The second-order valence-corrected chi connectivity index (χ2v) is 3.91. The highest BCUT2D eigenvalue weighted by Gasteiger charge is 1.91. The van der Waals surface area contributed by atoms with Crippen LogP contribution >= 0.6 is 12.2 Å². The summed E-state index contributed by atoms with van der Waals surface area (Å²) in [7, 11) is 1.64. The molecule has 0 aliphatic rings. The highest BCUT2D eigenvalue weighted by atomic mass is 32.1. The molecule has 3 heteroatoms. The second-order valence-electron chi connectivity index (χ2n) is 3.73. The predicted octanol–water partition coefficient (Wildman–Crippen LogP) is 3.83. The molecule has 2 nitrogen and oxygen atoms in total. The van der Waals surface area contributed by atoms with Crippen molar-refractivity contribution < 1.29 is 4.74 Å². The molecule has 0 aliphatic carbocycles. The highest BCUT2D eigenvalue weighted by molar-refractivity contribution is 7.78. The Bertz CT molecular complexity index is 657. The van der Waals surface area contributed by atoms with Gasteiger partial charge in [0.15, 0.2) is 0 Å². The van der Waals surface area contributed by atoms with Crippen molar-refractivity contribution in [1.29, 1.82) is 0 Å². The average Bonchev–Trinajstić information content (AvgIpc) is 2.47. The summed E-state index contributed by atoms with van der Waals surface area (Å²) in [4.78, 5) is 3.89. The number of benzene rings is 2. The van der Waals surface area contributed by atoms with E-state index < -0.39 is 0 Å². The summed E-state index contributed by atoms with van der Waals surface area (Å²) < 4.78 is 5.10. The van der Waals surface area contributed by atoms with Crippen LogP contribution in [-0.4, -0.2) is 12.3 Å². The maximum atomic E-state index is 5.10. The largest absolute Gasteiger partial charge is 0.497 e. The van der Waals surface area contributed by atoms with Crippen molar-refractivity contribution in [3.63, 3.8) is 0 Å². The van der Waals surface area contributed by atoms with Gasteiger partial charge >= 0.3 is 0 Å². The lowest BCUT2D eigenvalue weighted by Crippen LogP contribution is -1.82. The first-order chi connectivity index (χ1) is 9.31. The van der Waals surface area contributed by atoms with Crippen molar-refractivity contribution >= 4 is 23.1 Å². The third kappa shape index (κ3) is 3.79. The number of isothiocyanates is 1. The quantitative estimate of drug-likeness (QED) is 0.467. The van der Waals surface area contributed by atoms with Gasteiger partial charge in [-0.1, -0.05) is 11.8 Å². The average molecular weight is 265 g/mol. The molecule has 0 N–H and O–H groups in total. The molecule has 0 saturated heterocycles. The fourth-order valence-corrected chi connectivity index (χ4v) is 1.60. The van der Waals surface area contributed by atoms with E-state index in [1.807, 2.05) is 48.5 Å². The molecule has 0 saturated carbocycles. The lowest BCUT2D eigenvalue weighted by atomic mass is 10.1. The van der Waals surface area contributed by atoms with E-state index in [9.17, 15) is 0 Å². The van der Waals surface area contributed by atoms with Crippen LogP contribution in [0.25, 0.3) is 0 Å². The summed E-state index contributed by atoms with van der Waals surface area (Å²) >= 11 is 4.55. The standard InChI is InChI=1S/C16H11NOS/c1-18-16-10-6-14(7-11-16)3-2-13-4-8-15(9-5-13)17-12-19/h4-11H,1H3. The number of ether oxygens (including phenoxy) is 1. The van der Waals surface area contributed by atoms with Crippen LogP contribution in [0.15, 0.2) is 53.5 Å². The molecule has 0 atom stereocenters. The Kier molecular flexibility index (Phi) is 4.47. The highest BCUT2D eigenvalue weighted by Crippen LogP contribution is 2.12. The van der Waals surface area contributed by atoms with E-state index >= 15 is 0 Å². The maximum Gasteiger partial charge on any atom is 0.118 e. The number of thiocarbonyl (C=S) groups is 1. The van der Waals surface area contributed by atoms with Gasteiger partial charge < -0.3 is 4.74 Å².